The van der Waals surface area contributed by atoms with E-state index in [1.54, 1.807) is 28.6 Å². The van der Waals surface area contributed by atoms with Crippen molar-refractivity contribution in [2.75, 3.05) is 13.1 Å². The normalized spacial score (nSPS) is 21.5. The smallest absolute Gasteiger partial charge is 0.218 e. The zero-order valence-corrected chi connectivity index (χ0v) is 12.3. The zero-order valence-electron chi connectivity index (χ0n) is 10.8. The Labute approximate surface area is 119 Å². The van der Waals surface area contributed by atoms with Crippen molar-refractivity contribution in [2.45, 2.75) is 31.1 Å². The molecule has 0 saturated carbocycles. The van der Waals surface area contributed by atoms with Crippen LogP contribution in [0.15, 0.2) is 24.3 Å². The van der Waals surface area contributed by atoms with Crippen molar-refractivity contribution < 1.29 is 8.42 Å². The second kappa shape index (κ2) is 6.22. The molecule has 1 unspecified atom stereocenters. The Morgan fingerprint density at radius 1 is 1.32 bits per heavy atom. The van der Waals surface area contributed by atoms with E-state index in [1.807, 2.05) is 0 Å². The van der Waals surface area contributed by atoms with Crippen LogP contribution in [0.5, 0.6) is 0 Å². The zero-order chi connectivity index (χ0) is 13.9. The van der Waals surface area contributed by atoms with Gasteiger partial charge in [0, 0.05) is 24.2 Å². The highest BCUT2D eigenvalue weighted by molar-refractivity contribution is 7.88. The van der Waals surface area contributed by atoms with Crippen LogP contribution in [0.25, 0.3) is 0 Å². The van der Waals surface area contributed by atoms with E-state index in [0.29, 0.717) is 23.7 Å². The molecule has 106 valence electrons. The molecule has 0 bridgehead atoms. The number of sulfonamides is 1. The van der Waals surface area contributed by atoms with Crippen molar-refractivity contribution in [1.29, 1.82) is 0 Å². The maximum Gasteiger partial charge on any atom is 0.218 e. The van der Waals surface area contributed by atoms with Crippen LogP contribution in [0.4, 0.5) is 0 Å². The predicted octanol–water partition coefficient (Wildman–Crippen LogP) is 1.98. The van der Waals surface area contributed by atoms with Gasteiger partial charge in [0.05, 0.1) is 5.75 Å². The molecule has 4 nitrogen and oxygen atoms in total. The van der Waals surface area contributed by atoms with Gasteiger partial charge in [-0.15, -0.1) is 0 Å². The van der Waals surface area contributed by atoms with E-state index in [-0.39, 0.29) is 11.8 Å². The third-order valence-corrected chi connectivity index (χ3v) is 5.74. The molecule has 2 N–H and O–H groups in total. The first-order valence-corrected chi connectivity index (χ1v) is 8.46. The molecule has 6 heteroatoms. The average molecular weight is 303 g/mol. The summed E-state index contributed by atoms with van der Waals surface area (Å²) in [6.07, 6.45) is 2.79. The van der Waals surface area contributed by atoms with Gasteiger partial charge in [-0.25, -0.2) is 8.42 Å². The summed E-state index contributed by atoms with van der Waals surface area (Å²) in [5, 5.41) is 0.493. The van der Waals surface area contributed by atoms with Crippen molar-refractivity contribution in [1.82, 2.24) is 4.31 Å². The largest absolute Gasteiger partial charge is 0.329 e. The highest BCUT2D eigenvalue weighted by Gasteiger charge is 2.31. The van der Waals surface area contributed by atoms with Crippen molar-refractivity contribution in [3.63, 3.8) is 0 Å². The lowest BCUT2D eigenvalue weighted by molar-refractivity contribution is 0.257. The van der Waals surface area contributed by atoms with Gasteiger partial charge in [0.1, 0.15) is 0 Å². The summed E-state index contributed by atoms with van der Waals surface area (Å²) in [6.45, 7) is 0.941. The van der Waals surface area contributed by atoms with Crippen molar-refractivity contribution in [2.24, 2.45) is 5.73 Å². The molecule has 19 heavy (non-hydrogen) atoms. The number of benzene rings is 1. The van der Waals surface area contributed by atoms with Gasteiger partial charge in [-0.2, -0.15) is 4.31 Å². The van der Waals surface area contributed by atoms with Crippen LogP contribution in [0.2, 0.25) is 5.02 Å². The van der Waals surface area contributed by atoms with Gasteiger partial charge in [-0.05, 0) is 24.5 Å². The van der Waals surface area contributed by atoms with E-state index in [9.17, 15) is 8.42 Å². The summed E-state index contributed by atoms with van der Waals surface area (Å²) < 4.78 is 26.5. The molecule has 0 aromatic heterocycles. The van der Waals surface area contributed by atoms with Gasteiger partial charge in [0.15, 0.2) is 0 Å². The predicted molar refractivity (Wildman–Crippen MR) is 77.5 cm³/mol. The Morgan fingerprint density at radius 2 is 2.05 bits per heavy atom. The monoisotopic (exact) mass is 302 g/mol. The number of hydrogen-bond donors (Lipinski definition) is 1. The molecule has 1 aromatic carbocycles. The second-order valence-corrected chi connectivity index (χ2v) is 7.17. The third kappa shape index (κ3) is 3.48. The Kier molecular flexibility index (Phi) is 4.84. The van der Waals surface area contributed by atoms with Gasteiger partial charge in [-0.1, -0.05) is 36.2 Å². The molecule has 1 aromatic rings. The first kappa shape index (κ1) is 14.8. The SMILES string of the molecule is NCC1CCCCN1S(=O)(=O)Cc1ccccc1Cl. The molecule has 0 aliphatic carbocycles. The van der Waals surface area contributed by atoms with Crippen LogP contribution in [0, 0.1) is 0 Å². The summed E-state index contributed by atoms with van der Waals surface area (Å²) >= 11 is 6.03. The lowest BCUT2D eigenvalue weighted by Crippen LogP contribution is -2.47. The van der Waals surface area contributed by atoms with Gasteiger partial charge in [0.2, 0.25) is 10.0 Å². The molecular weight excluding hydrogens is 284 g/mol. The number of piperidine rings is 1. The highest BCUT2D eigenvalue weighted by Crippen LogP contribution is 2.24. The summed E-state index contributed by atoms with van der Waals surface area (Å²) in [5.74, 6) is -0.0524. The van der Waals surface area contributed by atoms with Gasteiger partial charge in [0.25, 0.3) is 0 Å². The first-order valence-electron chi connectivity index (χ1n) is 6.47. The maximum atomic E-state index is 12.5. The van der Waals surface area contributed by atoms with E-state index in [2.05, 4.69) is 0 Å². The number of nitrogens with two attached hydrogens (primary N) is 1. The van der Waals surface area contributed by atoms with Gasteiger partial charge in [-0.3, -0.25) is 0 Å². The van der Waals surface area contributed by atoms with E-state index >= 15 is 0 Å². The molecule has 0 amide bonds. The average Bonchev–Trinajstić information content (AvgIpc) is 2.41. The lowest BCUT2D eigenvalue weighted by atomic mass is 10.1. The van der Waals surface area contributed by atoms with Gasteiger partial charge >= 0.3 is 0 Å². The maximum absolute atomic E-state index is 12.5. The first-order chi connectivity index (χ1) is 9.04. The van der Waals surface area contributed by atoms with E-state index in [1.165, 1.54) is 0 Å². The second-order valence-electron chi connectivity index (χ2n) is 4.84. The summed E-state index contributed by atoms with van der Waals surface area (Å²) in [7, 11) is -3.35. The van der Waals surface area contributed by atoms with Crippen LogP contribution in [0.3, 0.4) is 0 Å². The topological polar surface area (TPSA) is 63.4 Å². The Bertz CT molecular complexity index is 533. The number of rotatable bonds is 4. The molecule has 0 spiro atoms. The summed E-state index contributed by atoms with van der Waals surface area (Å²) in [6, 6.07) is 6.99. The minimum absolute atomic E-state index is 0.0524. The van der Waals surface area contributed by atoms with Crippen molar-refractivity contribution in [3.8, 4) is 0 Å². The summed E-state index contributed by atoms with van der Waals surface area (Å²) in [4.78, 5) is 0. The number of nitrogens with zero attached hydrogens (tertiary/aromatic N) is 1. The van der Waals surface area contributed by atoms with Crippen LogP contribution >= 0.6 is 11.6 Å². The Hall–Kier alpha value is -0.620. The molecule has 1 fully saturated rings. The quantitative estimate of drug-likeness (QED) is 0.925. The molecule has 2 rings (SSSR count). The fourth-order valence-corrected chi connectivity index (χ4v) is 4.62. The van der Waals surface area contributed by atoms with E-state index in [4.69, 9.17) is 17.3 Å². The molecule has 0 radical (unpaired) electrons. The Morgan fingerprint density at radius 3 is 2.74 bits per heavy atom. The Balaban J connectivity index is 2.20. The molecule has 1 saturated heterocycles. The van der Waals surface area contributed by atoms with Crippen LogP contribution < -0.4 is 5.73 Å². The van der Waals surface area contributed by atoms with Crippen molar-refractivity contribution in [3.05, 3.63) is 34.9 Å². The van der Waals surface area contributed by atoms with Crippen molar-refractivity contribution >= 4 is 21.6 Å². The van der Waals surface area contributed by atoms with E-state index in [0.717, 1.165) is 19.3 Å². The standard InChI is InChI=1S/C13H19ClN2O2S/c14-13-7-2-1-5-11(13)10-19(17,18)16-8-4-3-6-12(16)9-15/h1-2,5,7,12H,3-4,6,8-10,15H2. The molecule has 1 heterocycles. The summed E-state index contributed by atoms with van der Waals surface area (Å²) in [5.41, 5.74) is 6.33. The minimum Gasteiger partial charge on any atom is -0.329 e. The number of hydrogen-bond acceptors (Lipinski definition) is 3. The van der Waals surface area contributed by atoms with Crippen LogP contribution in [-0.4, -0.2) is 31.9 Å². The van der Waals surface area contributed by atoms with E-state index < -0.39 is 10.0 Å². The molecule has 1 aliphatic rings. The minimum atomic E-state index is -3.35. The fraction of sp³-hybridized carbons (Fsp3) is 0.538. The molecule has 1 aliphatic heterocycles. The molecule has 1 atom stereocenters. The molecular formula is C13H19ClN2O2S. The fourth-order valence-electron chi connectivity index (χ4n) is 2.47. The van der Waals surface area contributed by atoms with Crippen LogP contribution in [-0.2, 0) is 15.8 Å². The highest BCUT2D eigenvalue weighted by atomic mass is 35.5. The lowest BCUT2D eigenvalue weighted by Gasteiger charge is -2.34. The number of halogens is 1. The van der Waals surface area contributed by atoms with Gasteiger partial charge < -0.3 is 5.73 Å². The van der Waals surface area contributed by atoms with Crippen LogP contribution in [0.1, 0.15) is 24.8 Å². The third-order valence-electron chi connectivity index (χ3n) is 3.50.